The monoisotopic (exact) mass is 807 g/mol. The highest BCUT2D eigenvalue weighted by atomic mass is 32.1. The molecule has 0 unspecified atom stereocenters. The first-order valence-electron chi connectivity index (χ1n) is 19.8. The Morgan fingerprint density at radius 1 is 1.07 bits per heavy atom. The summed E-state index contributed by atoms with van der Waals surface area (Å²) in [5, 5.41) is 40.4. The van der Waals surface area contributed by atoms with Crippen LogP contribution in [0, 0.1) is 12.8 Å². The van der Waals surface area contributed by atoms with Crippen molar-refractivity contribution in [2.24, 2.45) is 5.92 Å². The Morgan fingerprint density at radius 2 is 1.88 bits per heavy atom. The van der Waals surface area contributed by atoms with E-state index in [-0.39, 0.29) is 54.4 Å². The average molecular weight is 808 g/mol. The highest BCUT2D eigenvalue weighted by Crippen LogP contribution is 2.37. The van der Waals surface area contributed by atoms with Gasteiger partial charge in [0.2, 0.25) is 11.8 Å². The molecule has 2 fully saturated rings. The van der Waals surface area contributed by atoms with Crippen molar-refractivity contribution < 1.29 is 29.1 Å². The average Bonchev–Trinajstić information content (AvgIpc) is 3.97. The van der Waals surface area contributed by atoms with E-state index in [0.29, 0.717) is 30.2 Å². The molecule has 58 heavy (non-hydrogen) atoms. The van der Waals surface area contributed by atoms with Gasteiger partial charge in [0.15, 0.2) is 11.6 Å². The molecule has 3 aromatic heterocycles. The molecule has 304 valence electrons. The first-order valence-corrected chi connectivity index (χ1v) is 20.7. The van der Waals surface area contributed by atoms with Gasteiger partial charge in [0, 0.05) is 57.3 Å². The van der Waals surface area contributed by atoms with Crippen molar-refractivity contribution in [1.82, 2.24) is 35.5 Å². The Morgan fingerprint density at radius 3 is 2.64 bits per heavy atom. The number of phenols is 1. The van der Waals surface area contributed by atoms with Crippen LogP contribution in [-0.2, 0) is 9.59 Å². The maximum absolute atomic E-state index is 14.2. The number of nitrogens with one attached hydrogen (secondary N) is 2. The standard InChI is InChI=1S/C42H49N9O6S/c1-24(2)38(42(55)51-22-30(52)17-34(51)41(54)45-25(3)27-9-11-28(12-10-27)39-26(4)44-23-58-39)36-19-37(48-57-36)56-16-15-49-13-14-50-29(21-49)20-43-40-33(50)18-32(46-47-40)31-7-5-6-8-35(31)53/h5-12,18-19,23-25,29-30,34,38,52-53H,13-17,20-22H2,1-4H3,(H,43,47)(H,45,54)/t25-,29-,30+,34-,38+/m0/s1. The third-order valence-corrected chi connectivity index (χ3v) is 12.4. The van der Waals surface area contributed by atoms with Crippen molar-refractivity contribution in [2.75, 3.05) is 56.1 Å². The Hall–Kier alpha value is -5.58. The summed E-state index contributed by atoms with van der Waals surface area (Å²) in [4.78, 5) is 39.5. The number of piperazine rings is 1. The molecule has 5 atom stereocenters. The number of β-amino-alcohol motifs (C(OH)–C–C–N with tert-alkyl or cyclic N) is 1. The number of hydrogen-bond acceptors (Lipinski definition) is 14. The number of phenolic OH excluding ortho intramolecular Hbond substituents is 1. The highest BCUT2D eigenvalue weighted by Gasteiger charge is 2.43. The lowest BCUT2D eigenvalue weighted by Gasteiger charge is -2.45. The number of fused-ring (bicyclic) bond motifs is 3. The van der Waals surface area contributed by atoms with E-state index in [1.165, 1.54) is 4.90 Å². The zero-order chi connectivity index (χ0) is 40.5. The number of benzene rings is 2. The number of carbonyl (C=O) groups excluding carboxylic acids is 2. The van der Waals surface area contributed by atoms with Crippen molar-refractivity contribution >= 4 is 34.7 Å². The molecule has 5 aromatic rings. The number of aromatic hydroxyl groups is 1. The lowest BCUT2D eigenvalue weighted by molar-refractivity contribution is -0.141. The van der Waals surface area contributed by atoms with Crippen LogP contribution in [0.15, 0.2) is 70.7 Å². The maximum Gasteiger partial charge on any atom is 0.254 e. The summed E-state index contributed by atoms with van der Waals surface area (Å²) in [6.45, 7) is 12.0. The van der Waals surface area contributed by atoms with Crippen LogP contribution >= 0.6 is 11.3 Å². The van der Waals surface area contributed by atoms with Crippen molar-refractivity contribution in [3.8, 4) is 33.3 Å². The van der Waals surface area contributed by atoms with E-state index in [1.807, 2.05) is 75.7 Å². The fourth-order valence-electron chi connectivity index (χ4n) is 8.26. The zero-order valence-electron chi connectivity index (χ0n) is 33.0. The smallest absolute Gasteiger partial charge is 0.254 e. The number of para-hydroxylation sites is 1. The predicted molar refractivity (Wildman–Crippen MR) is 220 cm³/mol. The topological polar surface area (TPSA) is 182 Å². The van der Waals surface area contributed by atoms with Crippen LogP contribution in [0.4, 0.5) is 11.5 Å². The van der Waals surface area contributed by atoms with Crippen molar-refractivity contribution in [3.63, 3.8) is 0 Å². The number of aromatic nitrogens is 4. The number of aliphatic hydroxyl groups is 1. The van der Waals surface area contributed by atoms with Gasteiger partial charge >= 0.3 is 0 Å². The molecule has 2 aromatic carbocycles. The lowest BCUT2D eigenvalue weighted by atomic mass is 9.91. The zero-order valence-corrected chi connectivity index (χ0v) is 33.9. The number of aryl methyl sites for hydroxylation is 1. The van der Waals surface area contributed by atoms with Crippen LogP contribution in [0.2, 0.25) is 0 Å². The molecule has 3 aliphatic heterocycles. The van der Waals surface area contributed by atoms with Gasteiger partial charge in [0.25, 0.3) is 5.88 Å². The maximum atomic E-state index is 14.2. The van der Waals surface area contributed by atoms with Gasteiger partial charge in [0.05, 0.1) is 45.7 Å². The number of hydrogen-bond donors (Lipinski definition) is 4. The summed E-state index contributed by atoms with van der Waals surface area (Å²) in [6, 6.07) is 17.9. The molecule has 0 aliphatic carbocycles. The molecule has 2 saturated heterocycles. The van der Waals surface area contributed by atoms with E-state index in [0.717, 1.165) is 59.4 Å². The normalized spacial score (nSPS) is 20.3. The van der Waals surface area contributed by atoms with Gasteiger partial charge in [0.1, 0.15) is 24.3 Å². The summed E-state index contributed by atoms with van der Waals surface area (Å²) >= 11 is 1.59. The second-order valence-corrected chi connectivity index (χ2v) is 16.5. The van der Waals surface area contributed by atoms with Gasteiger partial charge in [-0.05, 0) is 54.2 Å². The Kier molecular flexibility index (Phi) is 11.3. The van der Waals surface area contributed by atoms with Gasteiger partial charge in [-0.3, -0.25) is 14.5 Å². The van der Waals surface area contributed by atoms with Gasteiger partial charge in [-0.1, -0.05) is 50.2 Å². The Labute approximate surface area is 341 Å². The molecule has 3 aliphatic rings. The van der Waals surface area contributed by atoms with Crippen LogP contribution in [0.5, 0.6) is 11.6 Å². The second-order valence-electron chi connectivity index (χ2n) is 15.7. The van der Waals surface area contributed by atoms with Crippen molar-refractivity contribution in [3.05, 3.63) is 83.2 Å². The van der Waals surface area contributed by atoms with Gasteiger partial charge in [-0.2, -0.15) is 0 Å². The molecular weight excluding hydrogens is 759 g/mol. The van der Waals surface area contributed by atoms with Crippen LogP contribution < -0.4 is 20.3 Å². The number of likely N-dealkylation sites (tertiary alicyclic amines) is 1. The Bertz CT molecular complexity index is 2250. The molecule has 4 N–H and O–H groups in total. The molecule has 2 amide bonds. The molecule has 8 rings (SSSR count). The molecular formula is C42H49N9O6S. The van der Waals surface area contributed by atoms with Crippen molar-refractivity contribution in [1.29, 1.82) is 0 Å². The number of carbonyl (C=O) groups is 2. The molecule has 6 heterocycles. The molecule has 16 heteroatoms. The predicted octanol–water partition coefficient (Wildman–Crippen LogP) is 4.84. The summed E-state index contributed by atoms with van der Waals surface area (Å²) in [5.41, 5.74) is 7.04. The minimum Gasteiger partial charge on any atom is -0.507 e. The second kappa shape index (κ2) is 16.7. The number of thiazole rings is 1. The minimum atomic E-state index is -0.829. The third kappa shape index (κ3) is 8.08. The van der Waals surface area contributed by atoms with Crippen LogP contribution in [0.1, 0.15) is 56.2 Å². The number of amides is 2. The van der Waals surface area contributed by atoms with Gasteiger partial charge in [-0.15, -0.1) is 21.5 Å². The summed E-state index contributed by atoms with van der Waals surface area (Å²) in [5.74, 6) is 0.0239. The third-order valence-electron chi connectivity index (χ3n) is 11.4. The van der Waals surface area contributed by atoms with Crippen molar-refractivity contribution in [2.45, 2.75) is 64.3 Å². The van der Waals surface area contributed by atoms with Gasteiger partial charge in [-0.25, -0.2) is 4.98 Å². The molecule has 0 spiro atoms. The quantitative estimate of drug-likeness (QED) is 0.135. The van der Waals surface area contributed by atoms with Crippen LogP contribution in [0.25, 0.3) is 21.7 Å². The van der Waals surface area contributed by atoms with E-state index in [4.69, 9.17) is 9.26 Å². The SMILES string of the molecule is Cc1ncsc1-c1ccc([C@H](C)NC(=O)[C@@H]2C[C@@H](O)CN2C(=O)[C@@H](c2cc(OCCN3CCN4c5cc(-c6ccccc6O)nnc5NC[C@H]4C3)no2)C(C)C)cc1. The fraction of sp³-hybridized carbons (Fsp3) is 0.429. The summed E-state index contributed by atoms with van der Waals surface area (Å²) < 4.78 is 11.7. The number of nitrogens with zero attached hydrogens (tertiary/aromatic N) is 7. The Balaban J connectivity index is 0.855. The fourth-order valence-corrected chi connectivity index (χ4v) is 9.07. The molecule has 0 saturated carbocycles. The molecule has 0 radical (unpaired) electrons. The number of ether oxygens (including phenoxy) is 1. The highest BCUT2D eigenvalue weighted by molar-refractivity contribution is 7.13. The molecule has 15 nitrogen and oxygen atoms in total. The van der Waals surface area contributed by atoms with E-state index in [1.54, 1.807) is 29.5 Å². The number of rotatable bonds is 12. The van der Waals surface area contributed by atoms with E-state index in [2.05, 4.69) is 40.8 Å². The van der Waals surface area contributed by atoms with E-state index in [9.17, 15) is 19.8 Å². The summed E-state index contributed by atoms with van der Waals surface area (Å²) in [6.07, 6.45) is -0.677. The minimum absolute atomic E-state index is 0.0510. The van der Waals surface area contributed by atoms with Gasteiger partial charge < -0.3 is 39.9 Å². The largest absolute Gasteiger partial charge is 0.507 e. The van der Waals surface area contributed by atoms with E-state index >= 15 is 0 Å². The van der Waals surface area contributed by atoms with E-state index < -0.39 is 18.1 Å². The van der Waals surface area contributed by atoms with Crippen LogP contribution in [0.3, 0.4) is 0 Å². The van der Waals surface area contributed by atoms with Crippen LogP contribution in [-0.4, -0.2) is 116 Å². The molecule has 0 bridgehead atoms. The first kappa shape index (κ1) is 39.3. The first-order chi connectivity index (χ1) is 28.0. The lowest BCUT2D eigenvalue weighted by Crippen LogP contribution is -2.58. The number of anilines is 2. The summed E-state index contributed by atoms with van der Waals surface area (Å²) in [7, 11) is 0. The number of aliphatic hydroxyl groups excluding tert-OH is 1.